The number of nitrogens with zero attached hydrogens (tertiary/aromatic N) is 4. The van der Waals surface area contributed by atoms with Crippen molar-refractivity contribution in [2.75, 3.05) is 11.9 Å². The Hall–Kier alpha value is -4.87. The maximum Gasteiger partial charge on any atom is 0.377 e. The molecule has 1 saturated heterocycles. The lowest BCUT2D eigenvalue weighted by molar-refractivity contribution is -0.380. The minimum absolute atomic E-state index is 0.00509. The molecule has 22 heteroatoms. The molecule has 0 unspecified atom stereocenters. The first-order valence-corrected chi connectivity index (χ1v) is 14.7. The molecule has 0 radical (unpaired) electrons. The van der Waals surface area contributed by atoms with Crippen molar-refractivity contribution in [2.24, 2.45) is 0 Å². The van der Waals surface area contributed by atoms with E-state index in [1.807, 2.05) is 0 Å². The van der Waals surface area contributed by atoms with Crippen molar-refractivity contribution in [3.05, 3.63) is 57.2 Å². The van der Waals surface area contributed by atoms with Crippen LogP contribution in [0.1, 0.15) is 31.0 Å². The van der Waals surface area contributed by atoms with Gasteiger partial charge in [0.1, 0.15) is 29.8 Å². The third kappa shape index (κ3) is 8.15. The van der Waals surface area contributed by atoms with Crippen molar-refractivity contribution in [1.82, 2.24) is 25.6 Å². The molecule has 1 aliphatic rings. The minimum Gasteiger partial charge on any atom is -0.476 e. The van der Waals surface area contributed by atoms with Gasteiger partial charge in [-0.2, -0.15) is 0 Å². The van der Waals surface area contributed by atoms with Gasteiger partial charge < -0.3 is 51.0 Å². The molecule has 260 valence electrons. The van der Waals surface area contributed by atoms with Crippen LogP contribution in [-0.2, 0) is 20.9 Å². The van der Waals surface area contributed by atoms with E-state index in [0.717, 1.165) is 35.1 Å². The number of nitro groups is 1. The molecule has 2 aromatic heterocycles. The summed E-state index contributed by atoms with van der Waals surface area (Å²) in [5, 5.41) is 77.5. The van der Waals surface area contributed by atoms with Crippen LogP contribution in [0.3, 0.4) is 0 Å². The number of carbonyl (C=O) groups excluding carboxylic acids is 2. The van der Waals surface area contributed by atoms with Gasteiger partial charge >= 0.3 is 22.8 Å². The maximum absolute atomic E-state index is 14.3. The summed E-state index contributed by atoms with van der Waals surface area (Å²) in [4.78, 5) is 46.5. The first kappa shape index (κ1) is 36.0. The number of halogens is 2. The number of aromatic nitrogens is 3. The molecule has 4 rings (SSSR count). The van der Waals surface area contributed by atoms with Crippen LogP contribution in [0.4, 0.5) is 24.3 Å². The fourth-order valence-electron chi connectivity index (χ4n) is 4.69. The molecule has 3 aromatic rings. The topological polar surface area (TPSA) is 281 Å². The Balaban J connectivity index is 1.53. The van der Waals surface area contributed by atoms with E-state index in [1.54, 1.807) is 0 Å². The van der Waals surface area contributed by atoms with Crippen LogP contribution >= 0.6 is 11.3 Å². The van der Waals surface area contributed by atoms with Crippen LogP contribution in [0.5, 0.6) is 5.75 Å². The molecule has 0 saturated carbocycles. The van der Waals surface area contributed by atoms with E-state index in [4.69, 9.17) is 9.47 Å². The lowest BCUT2D eigenvalue weighted by Gasteiger charge is -2.46. The van der Waals surface area contributed by atoms with Crippen molar-refractivity contribution >= 4 is 39.9 Å². The van der Waals surface area contributed by atoms with Crippen molar-refractivity contribution < 1.29 is 63.1 Å². The second-order valence-corrected chi connectivity index (χ2v) is 11.3. The molecular formula is C26H29F2N7O12S. The van der Waals surface area contributed by atoms with E-state index >= 15 is 0 Å². The molecule has 3 amide bonds. The Bertz CT molecular complexity index is 1660. The van der Waals surface area contributed by atoms with Crippen molar-refractivity contribution in [1.29, 1.82) is 0 Å². The number of amides is 3. The number of rotatable bonds is 13. The van der Waals surface area contributed by atoms with E-state index < -0.39 is 89.8 Å². The number of carbonyl (C=O) groups is 3. The predicted molar refractivity (Wildman–Crippen MR) is 156 cm³/mol. The first-order valence-electron chi connectivity index (χ1n) is 13.8. The zero-order chi connectivity index (χ0) is 35.3. The highest BCUT2D eigenvalue weighted by atomic mass is 32.1. The monoisotopic (exact) mass is 701 g/mol. The molecule has 1 fully saturated rings. The Labute approximate surface area is 271 Å². The van der Waals surface area contributed by atoms with Gasteiger partial charge in [0.05, 0.1) is 65.8 Å². The normalized spacial score (nSPS) is 22.0. The summed E-state index contributed by atoms with van der Waals surface area (Å²) in [6, 6.07) is 2.04. The summed E-state index contributed by atoms with van der Waals surface area (Å²) in [5.41, 5.74) is -0.472. The van der Waals surface area contributed by atoms with Gasteiger partial charge in [0.25, 0.3) is 6.43 Å². The number of aliphatic hydroxyl groups excluding tert-OH is 4. The third-order valence-electron chi connectivity index (χ3n) is 6.95. The number of anilines is 1. The van der Waals surface area contributed by atoms with Crippen LogP contribution in [0.2, 0.25) is 0 Å². The van der Waals surface area contributed by atoms with E-state index in [1.165, 1.54) is 23.7 Å². The molecule has 8 N–H and O–H groups in total. The van der Waals surface area contributed by atoms with Gasteiger partial charge in [0.15, 0.2) is 0 Å². The molecule has 1 aromatic carbocycles. The largest absolute Gasteiger partial charge is 0.476 e. The third-order valence-corrected chi connectivity index (χ3v) is 7.83. The van der Waals surface area contributed by atoms with Gasteiger partial charge in [-0.1, -0.05) is 16.6 Å². The van der Waals surface area contributed by atoms with Gasteiger partial charge in [0, 0.05) is 12.3 Å². The van der Waals surface area contributed by atoms with Crippen molar-refractivity contribution in [3.8, 4) is 11.4 Å². The number of nitrogens with one attached hydrogen (secondary N) is 3. The molecule has 0 bridgehead atoms. The fraction of sp³-hybridized carbons (Fsp3) is 0.423. The Morgan fingerprint density at radius 3 is 2.62 bits per heavy atom. The molecule has 0 spiro atoms. The van der Waals surface area contributed by atoms with E-state index in [2.05, 4.69) is 26.3 Å². The number of ether oxygens (including phenoxy) is 2. The Morgan fingerprint density at radius 1 is 1.29 bits per heavy atom. The highest BCUT2D eigenvalue weighted by Crippen LogP contribution is 2.39. The second kappa shape index (κ2) is 14.9. The number of alkyl halides is 2. The summed E-state index contributed by atoms with van der Waals surface area (Å²) < 4.78 is 40.6. The number of aliphatic carboxylic acids is 1. The number of thiophene rings is 1. The fourth-order valence-corrected chi connectivity index (χ4v) is 5.34. The highest BCUT2D eigenvalue weighted by Gasteiger charge is 2.57. The number of carboxylic acid groups (broad SMARTS) is 1. The van der Waals surface area contributed by atoms with Crippen LogP contribution in [-0.4, -0.2) is 106 Å². The molecule has 19 nitrogen and oxygen atoms in total. The summed E-state index contributed by atoms with van der Waals surface area (Å²) in [7, 11) is 0. The molecular weight excluding hydrogens is 672 g/mol. The van der Waals surface area contributed by atoms with E-state index in [0.29, 0.717) is 0 Å². The number of benzene rings is 1. The average Bonchev–Trinajstić information content (AvgIpc) is 3.70. The molecule has 0 aliphatic carbocycles. The number of aliphatic hydroxyl groups is 4. The lowest BCUT2D eigenvalue weighted by atomic mass is 9.88. The van der Waals surface area contributed by atoms with Gasteiger partial charge in [0.2, 0.25) is 5.91 Å². The standard InChI is InChI=1S/C26H29F2N7O12S/c1-11(37)30-20-16(38)6-26(24(41)42,47-22(20)21(40)17(39)9-36)46-18-3-2-14(5-15(18)23(27)28)34-8-13(32-33-34)7-29-25(43)31-12-4-19(35(44)45)48-10-12/h2-5,8,10,16-17,20-23,36,38-40H,6-7,9H2,1H3,(H,30,37)(H,41,42)(H2,29,31,43)/t16-,17+,20+,21+,22+,26+/m0/s1. The summed E-state index contributed by atoms with van der Waals surface area (Å²) in [6.07, 6.45) is -10.6. The summed E-state index contributed by atoms with van der Waals surface area (Å²) in [6.45, 7) is -0.143. The van der Waals surface area contributed by atoms with Gasteiger partial charge in [-0.25, -0.2) is 23.1 Å². The van der Waals surface area contributed by atoms with Gasteiger partial charge in [-0.05, 0) is 18.2 Å². The number of urea groups is 1. The van der Waals surface area contributed by atoms with Crippen molar-refractivity contribution in [3.63, 3.8) is 0 Å². The van der Waals surface area contributed by atoms with E-state index in [9.17, 15) is 58.8 Å². The highest BCUT2D eigenvalue weighted by molar-refractivity contribution is 7.13. The summed E-state index contributed by atoms with van der Waals surface area (Å²) in [5.74, 6) is -6.25. The minimum atomic E-state index is -3.26. The lowest BCUT2D eigenvalue weighted by Crippen LogP contribution is -2.68. The van der Waals surface area contributed by atoms with Crippen LogP contribution in [0, 0.1) is 10.1 Å². The molecule has 48 heavy (non-hydrogen) atoms. The average molecular weight is 702 g/mol. The quantitative estimate of drug-likeness (QED) is 0.0862. The van der Waals surface area contributed by atoms with Crippen molar-refractivity contribution in [2.45, 2.75) is 62.6 Å². The zero-order valence-corrected chi connectivity index (χ0v) is 25.4. The zero-order valence-electron chi connectivity index (χ0n) is 24.6. The SMILES string of the molecule is CC(=O)N[C@H]1[C@H]([C@H](O)[C@H](O)CO)O[C@@](Oc2ccc(-n3cc(CNC(=O)Nc4csc([N+](=O)[O-])c4)nn3)cc2C(F)F)(C(=O)O)C[C@@H]1O. The van der Waals surface area contributed by atoms with Gasteiger partial charge in [-0.3, -0.25) is 14.9 Å². The predicted octanol–water partition coefficient (Wildman–Crippen LogP) is 0.0246. The summed E-state index contributed by atoms with van der Waals surface area (Å²) >= 11 is 0.817. The van der Waals surface area contributed by atoms with Crippen LogP contribution in [0.25, 0.3) is 5.69 Å². The number of carboxylic acids is 1. The van der Waals surface area contributed by atoms with E-state index in [-0.39, 0.29) is 28.6 Å². The first-order chi connectivity index (χ1) is 22.6. The number of hydrogen-bond donors (Lipinski definition) is 8. The molecule has 6 atom stereocenters. The van der Waals surface area contributed by atoms with Crippen LogP contribution < -0.4 is 20.7 Å². The molecule has 3 heterocycles. The Kier molecular flexibility index (Phi) is 11.2. The molecule has 1 aliphatic heterocycles. The van der Waals surface area contributed by atoms with Crippen LogP contribution in [0.15, 0.2) is 35.8 Å². The second-order valence-electron chi connectivity index (χ2n) is 10.4. The smallest absolute Gasteiger partial charge is 0.377 e. The number of hydrogen-bond acceptors (Lipinski definition) is 14. The maximum atomic E-state index is 14.3. The van der Waals surface area contributed by atoms with Gasteiger partial charge in [-0.15, -0.1) is 5.10 Å². The Morgan fingerprint density at radius 2 is 2.02 bits per heavy atom.